The van der Waals surface area contributed by atoms with Crippen LogP contribution in [0.1, 0.15) is 99.4 Å². The van der Waals surface area contributed by atoms with Crippen molar-refractivity contribution in [3.63, 3.8) is 0 Å². The van der Waals surface area contributed by atoms with Gasteiger partial charge in [0.15, 0.2) is 0 Å². The summed E-state index contributed by atoms with van der Waals surface area (Å²) in [6, 6.07) is 19.7. The van der Waals surface area contributed by atoms with Crippen LogP contribution in [0.25, 0.3) is 0 Å². The summed E-state index contributed by atoms with van der Waals surface area (Å²) in [6.45, 7) is 2.57. The fourth-order valence-corrected chi connectivity index (χ4v) is 7.76. The fourth-order valence-electron chi connectivity index (χ4n) is 7.76. The minimum Gasteiger partial charge on any atom is -0.478 e. The third kappa shape index (κ3) is 4.09. The molecule has 3 fully saturated rings. The zero-order valence-corrected chi connectivity index (χ0v) is 20.1. The van der Waals surface area contributed by atoms with Gasteiger partial charge in [-0.15, -0.1) is 0 Å². The number of rotatable bonds is 4. The highest BCUT2D eigenvalue weighted by Gasteiger charge is 2.59. The summed E-state index contributed by atoms with van der Waals surface area (Å²) in [4.78, 5) is 14.3. The smallest absolute Gasteiger partial charge is 0.335 e. The van der Waals surface area contributed by atoms with Crippen LogP contribution in [0.2, 0.25) is 0 Å². The molecule has 2 saturated carbocycles. The van der Waals surface area contributed by atoms with Crippen molar-refractivity contribution in [2.45, 2.75) is 95.1 Å². The SMILES string of the molecule is CC1(C2CCCCCCC2)C(c2ccccc2)C2CCCCC2N1c1ccc(C(=O)O)cc1. The maximum Gasteiger partial charge on any atom is 0.335 e. The summed E-state index contributed by atoms with van der Waals surface area (Å²) in [5.41, 5.74) is 3.15. The Bertz CT molecular complexity index is 932. The van der Waals surface area contributed by atoms with Crippen molar-refractivity contribution in [3.8, 4) is 0 Å². The van der Waals surface area contributed by atoms with E-state index >= 15 is 0 Å². The van der Waals surface area contributed by atoms with Crippen LogP contribution < -0.4 is 4.90 Å². The van der Waals surface area contributed by atoms with Gasteiger partial charge in [0.25, 0.3) is 0 Å². The molecule has 0 spiro atoms. The fraction of sp³-hybridized carbons (Fsp3) is 0.567. The van der Waals surface area contributed by atoms with Crippen LogP contribution in [0, 0.1) is 11.8 Å². The minimum atomic E-state index is -0.844. The van der Waals surface area contributed by atoms with Crippen molar-refractivity contribution in [2.75, 3.05) is 4.90 Å². The number of anilines is 1. The molecule has 33 heavy (non-hydrogen) atoms. The topological polar surface area (TPSA) is 40.5 Å². The Labute approximate surface area is 199 Å². The summed E-state index contributed by atoms with van der Waals surface area (Å²) < 4.78 is 0. The van der Waals surface area contributed by atoms with E-state index < -0.39 is 5.97 Å². The number of aromatic carboxylic acids is 1. The summed E-state index contributed by atoms with van der Waals surface area (Å²) in [5, 5.41) is 9.47. The lowest BCUT2D eigenvalue weighted by Crippen LogP contribution is -2.53. The molecule has 3 aliphatic rings. The Kier molecular flexibility index (Phi) is 6.49. The Morgan fingerprint density at radius 3 is 2.09 bits per heavy atom. The molecule has 0 aromatic heterocycles. The first-order valence-corrected chi connectivity index (χ1v) is 13.3. The Morgan fingerprint density at radius 1 is 0.818 bits per heavy atom. The van der Waals surface area contributed by atoms with E-state index in [9.17, 15) is 9.90 Å². The van der Waals surface area contributed by atoms with Gasteiger partial charge < -0.3 is 10.0 Å². The number of hydrogen-bond acceptors (Lipinski definition) is 2. The number of hydrogen-bond donors (Lipinski definition) is 1. The average Bonchev–Trinajstić information content (AvgIpc) is 3.08. The molecule has 176 valence electrons. The molecule has 2 aromatic rings. The summed E-state index contributed by atoms with van der Waals surface area (Å²) in [6.07, 6.45) is 14.6. The van der Waals surface area contributed by atoms with Crippen molar-refractivity contribution < 1.29 is 9.90 Å². The van der Waals surface area contributed by atoms with Crippen molar-refractivity contribution in [1.82, 2.24) is 0 Å². The van der Waals surface area contributed by atoms with E-state index in [1.807, 2.05) is 12.1 Å². The zero-order chi connectivity index (χ0) is 22.8. The van der Waals surface area contributed by atoms with Crippen molar-refractivity contribution in [2.24, 2.45) is 11.8 Å². The van der Waals surface area contributed by atoms with Crippen LogP contribution in [-0.4, -0.2) is 22.7 Å². The number of carboxylic acids is 1. The van der Waals surface area contributed by atoms with Gasteiger partial charge in [-0.2, -0.15) is 0 Å². The van der Waals surface area contributed by atoms with Gasteiger partial charge in [0, 0.05) is 23.2 Å². The predicted molar refractivity (Wildman–Crippen MR) is 135 cm³/mol. The summed E-state index contributed by atoms with van der Waals surface area (Å²) in [7, 11) is 0. The normalized spacial score (nSPS) is 30.9. The highest BCUT2D eigenvalue weighted by Crippen LogP contribution is 2.59. The van der Waals surface area contributed by atoms with Gasteiger partial charge in [-0.25, -0.2) is 4.79 Å². The molecule has 3 nitrogen and oxygen atoms in total. The molecule has 1 heterocycles. The van der Waals surface area contributed by atoms with E-state index in [-0.39, 0.29) is 5.54 Å². The highest BCUT2D eigenvalue weighted by atomic mass is 16.4. The minimum absolute atomic E-state index is 0.0447. The third-order valence-electron chi connectivity index (χ3n) is 9.17. The van der Waals surface area contributed by atoms with Gasteiger partial charge in [0.05, 0.1) is 5.56 Å². The lowest BCUT2D eigenvalue weighted by molar-refractivity contribution is 0.0697. The Hall–Kier alpha value is -2.29. The summed E-state index contributed by atoms with van der Waals surface area (Å²) in [5.74, 6) is 1.000. The number of fused-ring (bicyclic) bond motifs is 1. The number of benzene rings is 2. The lowest BCUT2D eigenvalue weighted by atomic mass is 9.64. The van der Waals surface area contributed by atoms with E-state index in [4.69, 9.17) is 0 Å². The van der Waals surface area contributed by atoms with Gasteiger partial charge in [0.2, 0.25) is 0 Å². The zero-order valence-electron chi connectivity index (χ0n) is 20.1. The van der Waals surface area contributed by atoms with E-state index in [1.54, 1.807) is 0 Å². The van der Waals surface area contributed by atoms with Gasteiger partial charge in [0.1, 0.15) is 0 Å². The van der Waals surface area contributed by atoms with Crippen molar-refractivity contribution in [3.05, 3.63) is 65.7 Å². The quantitative estimate of drug-likeness (QED) is 0.525. The molecule has 2 aromatic carbocycles. The standard InChI is InChI=1S/C30H39NO2/c1-30(24-14-8-3-2-4-9-15-24)28(22-12-6-5-7-13-22)26-16-10-11-17-27(26)31(30)25-20-18-23(19-21-25)29(32)33/h5-7,12-13,18-21,24,26-28H,2-4,8-11,14-17H2,1H3,(H,32,33). The number of carbonyl (C=O) groups is 1. The van der Waals surface area contributed by atoms with Gasteiger partial charge in [-0.1, -0.05) is 75.3 Å². The number of carboxylic acid groups (broad SMARTS) is 1. The first-order valence-electron chi connectivity index (χ1n) is 13.3. The largest absolute Gasteiger partial charge is 0.478 e. The maximum atomic E-state index is 11.5. The van der Waals surface area contributed by atoms with Gasteiger partial charge in [-0.3, -0.25) is 0 Å². The molecular weight excluding hydrogens is 406 g/mol. The van der Waals surface area contributed by atoms with Crippen LogP contribution in [0.5, 0.6) is 0 Å². The van der Waals surface area contributed by atoms with Crippen LogP contribution in [0.15, 0.2) is 54.6 Å². The molecule has 5 rings (SSSR count). The van der Waals surface area contributed by atoms with Crippen LogP contribution in [0.4, 0.5) is 5.69 Å². The molecule has 0 amide bonds. The number of nitrogens with zero attached hydrogens (tertiary/aromatic N) is 1. The molecule has 0 bridgehead atoms. The lowest BCUT2D eigenvalue weighted by Gasteiger charge is -2.49. The molecule has 0 radical (unpaired) electrons. The molecule has 2 aliphatic carbocycles. The molecule has 4 atom stereocenters. The van der Waals surface area contributed by atoms with E-state index in [0.717, 1.165) is 0 Å². The molecule has 1 aliphatic heterocycles. The Morgan fingerprint density at radius 2 is 1.42 bits per heavy atom. The van der Waals surface area contributed by atoms with Gasteiger partial charge >= 0.3 is 5.97 Å². The first-order chi connectivity index (χ1) is 16.1. The molecule has 1 N–H and O–H groups in total. The summed E-state index contributed by atoms with van der Waals surface area (Å²) >= 11 is 0. The Balaban J connectivity index is 1.64. The van der Waals surface area contributed by atoms with Crippen molar-refractivity contribution >= 4 is 11.7 Å². The van der Waals surface area contributed by atoms with E-state index in [2.05, 4.69) is 54.3 Å². The second-order valence-electron chi connectivity index (χ2n) is 10.9. The molecule has 3 heteroatoms. The average molecular weight is 446 g/mol. The van der Waals surface area contributed by atoms with Crippen LogP contribution in [-0.2, 0) is 0 Å². The second-order valence-corrected chi connectivity index (χ2v) is 10.9. The van der Waals surface area contributed by atoms with E-state index in [0.29, 0.717) is 29.4 Å². The second kappa shape index (κ2) is 9.52. The van der Waals surface area contributed by atoms with E-state index in [1.165, 1.54) is 81.9 Å². The molecular formula is C30H39NO2. The maximum absolute atomic E-state index is 11.5. The molecule has 1 saturated heterocycles. The first kappa shape index (κ1) is 22.5. The predicted octanol–water partition coefficient (Wildman–Crippen LogP) is 7.67. The van der Waals surface area contributed by atoms with Crippen molar-refractivity contribution in [1.29, 1.82) is 0 Å². The monoisotopic (exact) mass is 445 g/mol. The van der Waals surface area contributed by atoms with Crippen LogP contribution in [0.3, 0.4) is 0 Å². The highest BCUT2D eigenvalue weighted by molar-refractivity contribution is 5.88. The van der Waals surface area contributed by atoms with Crippen LogP contribution >= 0.6 is 0 Å². The van der Waals surface area contributed by atoms with Gasteiger partial charge in [-0.05, 0) is 74.3 Å². The molecule has 4 unspecified atom stereocenters. The third-order valence-corrected chi connectivity index (χ3v) is 9.17.